The average Bonchev–Trinajstić information content (AvgIpc) is 2.97. The Hall–Kier alpha value is 0.340. The predicted octanol–water partition coefficient (Wildman–Crippen LogP) is 6.09. The predicted molar refractivity (Wildman–Crippen MR) is 101 cm³/mol. The molecular weight excluding hydrogens is 319 g/mol. The molecule has 0 aromatic rings. The zero-order valence-corrected chi connectivity index (χ0v) is 16.2. The highest BCUT2D eigenvalue weighted by molar-refractivity contribution is 8.31. The first kappa shape index (κ1) is 19.4. The van der Waals surface area contributed by atoms with Crippen LogP contribution in [0.1, 0.15) is 59.3 Å². The molecule has 5 heteroatoms. The van der Waals surface area contributed by atoms with E-state index in [-0.39, 0.29) is 0 Å². The van der Waals surface area contributed by atoms with Crippen LogP contribution < -0.4 is 0 Å². The monoisotopic (exact) mass is 349 g/mol. The number of rotatable bonds is 11. The number of thioether (sulfide) groups is 2. The quantitative estimate of drug-likeness (QED) is 0.458. The maximum absolute atomic E-state index is 11.2. The van der Waals surface area contributed by atoms with Crippen molar-refractivity contribution in [2.75, 3.05) is 18.5 Å². The SMILES string of the molecule is CCCC[P+](CCCC)(CCCC)C1SC=C(C(=O)O)S1. The molecule has 0 radical (unpaired) electrons. The Morgan fingerprint density at radius 3 is 1.90 bits per heavy atom. The van der Waals surface area contributed by atoms with Crippen molar-refractivity contribution in [3.05, 3.63) is 10.3 Å². The standard InChI is InChI=1S/C16H29O2PS2/c1-4-7-10-19(11-8-5-2,12-9-6-3)16-20-13-14(21-16)15(17)18/h13,16H,4-12H2,1-3H3/p+1. The van der Waals surface area contributed by atoms with E-state index in [0.717, 1.165) is 0 Å². The van der Waals surface area contributed by atoms with Crippen molar-refractivity contribution in [2.45, 2.75) is 63.6 Å². The van der Waals surface area contributed by atoms with Crippen LogP contribution in [-0.4, -0.2) is 33.9 Å². The van der Waals surface area contributed by atoms with Gasteiger partial charge in [-0.25, -0.2) is 4.79 Å². The molecule has 0 spiro atoms. The molecule has 21 heavy (non-hydrogen) atoms. The molecule has 0 fully saturated rings. The number of hydrogen-bond donors (Lipinski definition) is 1. The summed E-state index contributed by atoms with van der Waals surface area (Å²) in [7, 11) is -1.06. The Balaban J connectivity index is 2.84. The normalized spacial score (nSPS) is 18.8. The van der Waals surface area contributed by atoms with Crippen molar-refractivity contribution in [2.24, 2.45) is 0 Å². The first-order valence-corrected chi connectivity index (χ1v) is 12.4. The molecule has 0 amide bonds. The lowest BCUT2D eigenvalue weighted by atomic mass is 10.4. The minimum Gasteiger partial charge on any atom is -0.477 e. The minimum atomic E-state index is -1.06. The number of carboxylic acids is 1. The van der Waals surface area contributed by atoms with E-state index in [1.165, 1.54) is 57.0 Å². The third kappa shape index (κ3) is 5.80. The zero-order chi connectivity index (χ0) is 15.7. The van der Waals surface area contributed by atoms with E-state index < -0.39 is 13.2 Å². The molecule has 1 rings (SSSR count). The van der Waals surface area contributed by atoms with Gasteiger partial charge >= 0.3 is 5.97 Å². The maximum Gasteiger partial charge on any atom is 0.342 e. The Kier molecular flexibility index (Phi) is 9.40. The second-order valence-corrected chi connectivity index (χ2v) is 13.2. The molecule has 0 aromatic carbocycles. The van der Waals surface area contributed by atoms with Crippen molar-refractivity contribution in [3.63, 3.8) is 0 Å². The van der Waals surface area contributed by atoms with Gasteiger partial charge in [-0.3, -0.25) is 0 Å². The van der Waals surface area contributed by atoms with Gasteiger partial charge in [0.1, 0.15) is 4.91 Å². The maximum atomic E-state index is 11.2. The van der Waals surface area contributed by atoms with Crippen LogP contribution in [0.3, 0.4) is 0 Å². The van der Waals surface area contributed by atoms with E-state index in [2.05, 4.69) is 20.8 Å². The molecular formula is C16H30O2PS2+. The Morgan fingerprint density at radius 2 is 1.57 bits per heavy atom. The largest absolute Gasteiger partial charge is 0.477 e. The van der Waals surface area contributed by atoms with Gasteiger partial charge in [0, 0.05) is 7.26 Å². The molecule has 1 heterocycles. The summed E-state index contributed by atoms with van der Waals surface area (Å²) in [6, 6.07) is 0. The number of aliphatic carboxylic acids is 1. The van der Waals surface area contributed by atoms with Crippen LogP contribution in [0.15, 0.2) is 10.3 Å². The number of carboxylic acid groups (broad SMARTS) is 1. The number of hydrogen-bond acceptors (Lipinski definition) is 3. The Morgan fingerprint density at radius 1 is 1.10 bits per heavy atom. The molecule has 0 aromatic heterocycles. The molecule has 1 N–H and O–H groups in total. The summed E-state index contributed by atoms with van der Waals surface area (Å²) in [6.45, 7) is 6.80. The fraction of sp³-hybridized carbons (Fsp3) is 0.812. The first-order valence-electron chi connectivity index (χ1n) is 8.21. The molecule has 1 atom stereocenters. The van der Waals surface area contributed by atoms with E-state index >= 15 is 0 Å². The molecule has 0 saturated heterocycles. The smallest absolute Gasteiger partial charge is 0.342 e. The molecule has 0 bridgehead atoms. The number of carbonyl (C=O) groups is 1. The lowest BCUT2D eigenvalue weighted by molar-refractivity contribution is -0.131. The van der Waals surface area contributed by atoms with Gasteiger partial charge in [0.15, 0.2) is 4.32 Å². The van der Waals surface area contributed by atoms with Crippen molar-refractivity contribution in [3.8, 4) is 0 Å². The fourth-order valence-electron chi connectivity index (χ4n) is 2.70. The highest BCUT2D eigenvalue weighted by atomic mass is 32.2. The Bertz CT molecular complexity index is 336. The van der Waals surface area contributed by atoms with Gasteiger partial charge in [-0.2, -0.15) is 0 Å². The van der Waals surface area contributed by atoms with Crippen molar-refractivity contribution in [1.82, 2.24) is 0 Å². The summed E-state index contributed by atoms with van der Waals surface area (Å²) >= 11 is 3.46. The zero-order valence-electron chi connectivity index (χ0n) is 13.6. The van der Waals surface area contributed by atoms with Gasteiger partial charge in [0.2, 0.25) is 0 Å². The van der Waals surface area contributed by atoms with Crippen LogP contribution in [0.25, 0.3) is 0 Å². The van der Waals surface area contributed by atoms with Crippen LogP contribution in [0.5, 0.6) is 0 Å². The van der Waals surface area contributed by atoms with Crippen LogP contribution >= 0.6 is 30.8 Å². The summed E-state index contributed by atoms with van der Waals surface area (Å²) in [4.78, 5) is 11.8. The van der Waals surface area contributed by atoms with Crippen LogP contribution in [0.4, 0.5) is 0 Å². The number of unbranched alkanes of at least 4 members (excludes halogenated alkanes) is 3. The van der Waals surface area contributed by atoms with Gasteiger partial charge < -0.3 is 5.11 Å². The van der Waals surface area contributed by atoms with E-state index in [0.29, 0.717) is 9.23 Å². The summed E-state index contributed by atoms with van der Waals surface area (Å²) in [5, 5.41) is 11.1. The molecule has 1 aliphatic rings. The van der Waals surface area contributed by atoms with Gasteiger partial charge in [0.05, 0.1) is 18.5 Å². The Labute approximate surface area is 139 Å². The molecule has 1 unspecified atom stereocenters. The van der Waals surface area contributed by atoms with Gasteiger partial charge in [-0.1, -0.05) is 63.6 Å². The van der Waals surface area contributed by atoms with Gasteiger partial charge in [0.25, 0.3) is 0 Å². The lowest BCUT2D eigenvalue weighted by Gasteiger charge is -2.32. The topological polar surface area (TPSA) is 37.3 Å². The fourth-order valence-corrected chi connectivity index (χ4v) is 12.9. The molecule has 1 aliphatic heterocycles. The summed E-state index contributed by atoms with van der Waals surface area (Å²) < 4.78 is 0.508. The van der Waals surface area contributed by atoms with Crippen LogP contribution in [-0.2, 0) is 4.79 Å². The first-order chi connectivity index (χ1) is 10.1. The van der Waals surface area contributed by atoms with Crippen LogP contribution in [0, 0.1) is 0 Å². The van der Waals surface area contributed by atoms with E-state index in [4.69, 9.17) is 0 Å². The van der Waals surface area contributed by atoms with Gasteiger partial charge in [-0.05, 0) is 24.7 Å². The van der Waals surface area contributed by atoms with Crippen molar-refractivity contribution in [1.29, 1.82) is 0 Å². The van der Waals surface area contributed by atoms with E-state index in [1.54, 1.807) is 23.5 Å². The summed E-state index contributed by atoms with van der Waals surface area (Å²) in [5.74, 6) is -0.741. The molecule has 0 saturated carbocycles. The minimum absolute atomic E-state index is 0.508. The third-order valence-corrected chi connectivity index (χ3v) is 14.1. The van der Waals surface area contributed by atoms with E-state index in [9.17, 15) is 9.90 Å². The summed E-state index contributed by atoms with van der Waals surface area (Å²) in [6.07, 6.45) is 11.7. The van der Waals surface area contributed by atoms with Crippen LogP contribution in [0.2, 0.25) is 0 Å². The van der Waals surface area contributed by atoms with Gasteiger partial charge in [-0.15, -0.1) is 0 Å². The van der Waals surface area contributed by atoms with E-state index in [1.807, 2.05) is 5.41 Å². The van der Waals surface area contributed by atoms with Crippen molar-refractivity contribution < 1.29 is 9.90 Å². The second-order valence-electron chi connectivity index (χ2n) is 5.80. The average molecular weight is 350 g/mol. The molecule has 122 valence electrons. The van der Waals surface area contributed by atoms with Crippen molar-refractivity contribution >= 4 is 36.8 Å². The summed E-state index contributed by atoms with van der Waals surface area (Å²) in [5.41, 5.74) is 0. The highest BCUT2D eigenvalue weighted by Gasteiger charge is 2.47. The second kappa shape index (κ2) is 10.2. The molecule has 0 aliphatic carbocycles. The lowest BCUT2D eigenvalue weighted by Crippen LogP contribution is -2.17. The highest BCUT2D eigenvalue weighted by Crippen LogP contribution is 2.73. The third-order valence-electron chi connectivity index (χ3n) is 4.05. The molecule has 2 nitrogen and oxygen atoms in total.